The van der Waals surface area contributed by atoms with E-state index in [4.69, 9.17) is 13.9 Å². The van der Waals surface area contributed by atoms with Gasteiger partial charge < -0.3 is 19.2 Å². The Morgan fingerprint density at radius 1 is 1.06 bits per heavy atom. The summed E-state index contributed by atoms with van der Waals surface area (Å²) in [6, 6.07) is 11.6. The van der Waals surface area contributed by atoms with Crippen LogP contribution in [0.1, 0.15) is 26.7 Å². The molecule has 2 aromatic carbocycles. The molecule has 3 aromatic rings. The third-order valence-electron chi connectivity index (χ3n) is 5.37. The van der Waals surface area contributed by atoms with Crippen LogP contribution in [0, 0.1) is 0 Å². The van der Waals surface area contributed by atoms with Crippen molar-refractivity contribution < 1.29 is 27.1 Å². The van der Waals surface area contributed by atoms with Crippen molar-refractivity contribution in [1.29, 1.82) is 0 Å². The van der Waals surface area contributed by atoms with Gasteiger partial charge in [-0.15, -0.1) is 10.2 Å². The molecule has 1 fully saturated rings. The summed E-state index contributed by atoms with van der Waals surface area (Å²) >= 11 is 1.09. The predicted molar refractivity (Wildman–Crippen MR) is 136 cm³/mol. The molecule has 192 valence electrons. The first-order valence-corrected chi connectivity index (χ1v) is 14.1. The van der Waals surface area contributed by atoms with E-state index in [-0.39, 0.29) is 27.7 Å². The van der Waals surface area contributed by atoms with Crippen LogP contribution in [0.3, 0.4) is 0 Å². The minimum atomic E-state index is -3.49. The monoisotopic (exact) mass is 532 g/mol. The number of rotatable bonds is 11. The Kier molecular flexibility index (Phi) is 8.49. The lowest BCUT2D eigenvalue weighted by atomic mass is 10.2. The van der Waals surface area contributed by atoms with E-state index in [1.165, 1.54) is 4.31 Å². The molecule has 0 saturated carbocycles. The zero-order valence-electron chi connectivity index (χ0n) is 20.1. The van der Waals surface area contributed by atoms with E-state index in [2.05, 4.69) is 15.5 Å². The maximum absolute atomic E-state index is 12.7. The molecule has 1 saturated heterocycles. The SMILES string of the molecule is CCOc1ccc(OCC)c(NC(=O)CSc2nnc(-c3ccc(S(=O)(=O)N4CCCC4)cc3)o2)c1. The van der Waals surface area contributed by atoms with Crippen LogP contribution in [0.4, 0.5) is 5.69 Å². The highest BCUT2D eigenvalue weighted by Gasteiger charge is 2.27. The second kappa shape index (κ2) is 11.8. The Bertz CT molecular complexity index is 1290. The third-order valence-corrected chi connectivity index (χ3v) is 8.10. The van der Waals surface area contributed by atoms with Gasteiger partial charge in [-0.1, -0.05) is 11.8 Å². The standard InChI is InChI=1S/C24H28N4O6S2/c1-3-32-18-9-12-21(33-4-2)20(15-18)25-22(29)16-35-24-27-26-23(34-24)17-7-10-19(11-8-17)36(30,31)28-13-5-6-14-28/h7-12,15H,3-6,13-14,16H2,1-2H3,(H,25,29). The summed E-state index contributed by atoms with van der Waals surface area (Å²) < 4.78 is 43.6. The lowest BCUT2D eigenvalue weighted by Gasteiger charge is -2.15. The number of hydrogen-bond donors (Lipinski definition) is 1. The third kappa shape index (κ3) is 6.18. The van der Waals surface area contributed by atoms with Gasteiger partial charge in [0.25, 0.3) is 5.22 Å². The summed E-state index contributed by atoms with van der Waals surface area (Å²) in [6.45, 7) is 5.81. The highest BCUT2D eigenvalue weighted by molar-refractivity contribution is 7.99. The number of nitrogens with zero attached hydrogens (tertiary/aromatic N) is 3. The summed E-state index contributed by atoms with van der Waals surface area (Å²) in [5.74, 6) is 1.19. The first-order valence-electron chi connectivity index (χ1n) is 11.7. The first kappa shape index (κ1) is 26.0. The van der Waals surface area contributed by atoms with Gasteiger partial charge in [-0.2, -0.15) is 4.31 Å². The smallest absolute Gasteiger partial charge is 0.277 e. The Hall–Kier alpha value is -3.09. The molecule has 0 radical (unpaired) electrons. The molecule has 4 rings (SSSR count). The molecule has 12 heteroatoms. The molecule has 0 atom stereocenters. The summed E-state index contributed by atoms with van der Waals surface area (Å²) in [5.41, 5.74) is 1.11. The topological polar surface area (TPSA) is 124 Å². The minimum Gasteiger partial charge on any atom is -0.494 e. The number of ether oxygens (including phenoxy) is 2. The number of amides is 1. The number of nitrogens with one attached hydrogen (secondary N) is 1. The quantitative estimate of drug-likeness (QED) is 0.364. The van der Waals surface area contributed by atoms with Crippen molar-refractivity contribution in [3.05, 3.63) is 42.5 Å². The molecule has 1 aliphatic heterocycles. The molecule has 1 N–H and O–H groups in total. The van der Waals surface area contributed by atoms with Gasteiger partial charge >= 0.3 is 0 Å². The number of thioether (sulfide) groups is 1. The van der Waals surface area contributed by atoms with Crippen LogP contribution < -0.4 is 14.8 Å². The zero-order valence-corrected chi connectivity index (χ0v) is 21.7. The van der Waals surface area contributed by atoms with E-state index in [1.54, 1.807) is 42.5 Å². The van der Waals surface area contributed by atoms with Gasteiger partial charge in [0, 0.05) is 24.7 Å². The van der Waals surface area contributed by atoms with Crippen LogP contribution in [0.2, 0.25) is 0 Å². The molecule has 36 heavy (non-hydrogen) atoms. The molecule has 1 aromatic heterocycles. The molecular weight excluding hydrogens is 504 g/mol. The predicted octanol–water partition coefficient (Wildman–Crippen LogP) is 4.05. The van der Waals surface area contributed by atoms with Crippen molar-refractivity contribution in [1.82, 2.24) is 14.5 Å². The summed E-state index contributed by atoms with van der Waals surface area (Å²) in [6.07, 6.45) is 1.76. The van der Waals surface area contributed by atoms with Gasteiger partial charge in [-0.3, -0.25) is 4.79 Å². The number of carbonyl (C=O) groups excluding carboxylic acids is 1. The maximum atomic E-state index is 12.7. The minimum absolute atomic E-state index is 0.0408. The lowest BCUT2D eigenvalue weighted by molar-refractivity contribution is -0.113. The van der Waals surface area contributed by atoms with Crippen molar-refractivity contribution in [2.75, 3.05) is 37.4 Å². The molecule has 2 heterocycles. The largest absolute Gasteiger partial charge is 0.494 e. The van der Waals surface area contributed by atoms with Gasteiger partial charge in [-0.25, -0.2) is 8.42 Å². The summed E-state index contributed by atoms with van der Waals surface area (Å²) in [7, 11) is -3.49. The molecule has 10 nitrogen and oxygen atoms in total. The average Bonchev–Trinajstić information content (AvgIpc) is 3.58. The molecular formula is C24H28N4O6S2. The van der Waals surface area contributed by atoms with Gasteiger partial charge in [0.2, 0.25) is 21.8 Å². The van der Waals surface area contributed by atoms with Gasteiger partial charge in [0.05, 0.1) is 29.5 Å². The number of aromatic nitrogens is 2. The second-order valence-corrected chi connectivity index (χ2v) is 10.7. The average molecular weight is 533 g/mol. The van der Waals surface area contributed by atoms with Crippen molar-refractivity contribution in [2.24, 2.45) is 0 Å². The van der Waals surface area contributed by atoms with Crippen LogP contribution in [0.5, 0.6) is 11.5 Å². The van der Waals surface area contributed by atoms with Crippen molar-refractivity contribution in [3.8, 4) is 23.0 Å². The van der Waals surface area contributed by atoms with Gasteiger partial charge in [-0.05, 0) is 63.1 Å². The number of sulfonamides is 1. The van der Waals surface area contributed by atoms with Crippen LogP contribution in [0.15, 0.2) is 57.0 Å². The Morgan fingerprint density at radius 2 is 1.78 bits per heavy atom. The maximum Gasteiger partial charge on any atom is 0.277 e. The van der Waals surface area contributed by atoms with Crippen LogP contribution in [0.25, 0.3) is 11.5 Å². The lowest BCUT2D eigenvalue weighted by Crippen LogP contribution is -2.27. The molecule has 0 spiro atoms. The van der Waals surface area contributed by atoms with Crippen molar-refractivity contribution in [3.63, 3.8) is 0 Å². The highest BCUT2D eigenvalue weighted by atomic mass is 32.2. The summed E-state index contributed by atoms with van der Waals surface area (Å²) in [5, 5.41) is 11.1. The van der Waals surface area contributed by atoms with E-state index in [9.17, 15) is 13.2 Å². The van der Waals surface area contributed by atoms with Crippen molar-refractivity contribution >= 4 is 33.4 Å². The van der Waals surface area contributed by atoms with E-state index in [1.807, 2.05) is 13.8 Å². The van der Waals surface area contributed by atoms with Crippen LogP contribution in [-0.2, 0) is 14.8 Å². The Balaban J connectivity index is 1.37. The Morgan fingerprint density at radius 3 is 2.47 bits per heavy atom. The van der Waals surface area contributed by atoms with E-state index in [0.29, 0.717) is 49.1 Å². The molecule has 0 unspecified atom stereocenters. The molecule has 0 aliphatic carbocycles. The van der Waals surface area contributed by atoms with E-state index >= 15 is 0 Å². The van der Waals surface area contributed by atoms with Crippen molar-refractivity contribution in [2.45, 2.75) is 36.8 Å². The number of hydrogen-bond acceptors (Lipinski definition) is 9. The zero-order chi connectivity index (χ0) is 25.5. The fraction of sp³-hybridized carbons (Fsp3) is 0.375. The van der Waals surface area contributed by atoms with E-state index < -0.39 is 10.0 Å². The summed E-state index contributed by atoms with van der Waals surface area (Å²) in [4.78, 5) is 12.8. The molecule has 1 amide bonds. The fourth-order valence-electron chi connectivity index (χ4n) is 3.69. The molecule has 1 aliphatic rings. The number of anilines is 1. The van der Waals surface area contributed by atoms with E-state index in [0.717, 1.165) is 24.6 Å². The normalized spacial score (nSPS) is 14.1. The highest BCUT2D eigenvalue weighted by Crippen LogP contribution is 2.30. The van der Waals surface area contributed by atoms with Gasteiger partial charge in [0.1, 0.15) is 11.5 Å². The van der Waals surface area contributed by atoms with Crippen LogP contribution in [-0.4, -0.2) is 60.9 Å². The first-order chi connectivity index (χ1) is 17.4. The number of carbonyl (C=O) groups is 1. The Labute approximate surface area is 214 Å². The molecule has 0 bridgehead atoms. The van der Waals surface area contributed by atoms with Crippen LogP contribution >= 0.6 is 11.8 Å². The van der Waals surface area contributed by atoms with Gasteiger partial charge in [0.15, 0.2) is 0 Å². The number of benzene rings is 2. The fourth-order valence-corrected chi connectivity index (χ4v) is 5.77. The second-order valence-electron chi connectivity index (χ2n) is 7.87.